The van der Waals surface area contributed by atoms with Gasteiger partial charge in [0.1, 0.15) is 11.5 Å². The van der Waals surface area contributed by atoms with Gasteiger partial charge >= 0.3 is 0 Å². The maximum absolute atomic E-state index is 12.5. The van der Waals surface area contributed by atoms with E-state index in [0.29, 0.717) is 12.3 Å². The highest BCUT2D eigenvalue weighted by atomic mass is 35.5. The molecule has 0 radical (unpaired) electrons. The van der Waals surface area contributed by atoms with E-state index in [9.17, 15) is 18.0 Å². The fourth-order valence-electron chi connectivity index (χ4n) is 0.781. The minimum atomic E-state index is -2.95. The first-order chi connectivity index (χ1) is 6.02. The van der Waals surface area contributed by atoms with Gasteiger partial charge in [0.25, 0.3) is 11.7 Å². The van der Waals surface area contributed by atoms with Crippen molar-refractivity contribution in [2.24, 2.45) is 0 Å². The third-order valence-electron chi connectivity index (χ3n) is 1.30. The van der Waals surface area contributed by atoms with Crippen molar-refractivity contribution in [3.05, 3.63) is 29.3 Å². The number of pyridine rings is 1. The Bertz CT molecular complexity index is 343. The molecule has 0 atom stereocenters. The Balaban J connectivity index is 3.27. The molecule has 0 amide bonds. The van der Waals surface area contributed by atoms with Crippen molar-refractivity contribution < 1.29 is 18.0 Å². The monoisotopic (exact) mass is 209 g/mol. The lowest BCUT2D eigenvalue weighted by molar-refractivity contribution is 0.106. The van der Waals surface area contributed by atoms with Gasteiger partial charge in [-0.2, -0.15) is 0 Å². The Morgan fingerprint density at radius 3 is 2.62 bits per heavy atom. The summed E-state index contributed by atoms with van der Waals surface area (Å²) in [4.78, 5) is 13.6. The lowest BCUT2D eigenvalue weighted by Gasteiger charge is -2.02. The van der Waals surface area contributed by atoms with Crippen molar-refractivity contribution in [1.29, 1.82) is 0 Å². The number of carbonyl (C=O) groups is 1. The third kappa shape index (κ3) is 2.18. The van der Waals surface area contributed by atoms with E-state index in [1.165, 1.54) is 0 Å². The maximum atomic E-state index is 12.5. The van der Waals surface area contributed by atoms with Crippen LogP contribution in [0.15, 0.2) is 12.3 Å². The molecule has 0 aliphatic heterocycles. The third-order valence-corrected chi connectivity index (χ3v) is 1.51. The molecule has 0 unspecified atom stereocenters. The number of rotatable bonds is 2. The second-order valence-corrected chi connectivity index (χ2v) is 2.50. The van der Waals surface area contributed by atoms with Crippen LogP contribution in [0.25, 0.3) is 0 Å². The number of alkyl halides is 2. The molecule has 1 aromatic rings. The largest absolute Gasteiger partial charge is 0.281 e. The Hall–Kier alpha value is -1.10. The first-order valence-corrected chi connectivity index (χ1v) is 3.53. The maximum Gasteiger partial charge on any atom is 0.281 e. The number of halogens is 4. The smallest absolute Gasteiger partial charge is 0.276 e. The zero-order valence-corrected chi connectivity index (χ0v) is 6.86. The summed E-state index contributed by atoms with van der Waals surface area (Å²) in [5.41, 5.74) is -1.40. The molecule has 6 heteroatoms. The standard InChI is InChI=1S/C7H3ClF3NO/c8-6(13)4-1-3(9)2-12-5(4)7(10)11/h1-2,7H. The predicted octanol–water partition coefficient (Wildman–Crippen LogP) is 2.54. The molecular weight excluding hydrogens is 207 g/mol. The highest BCUT2D eigenvalue weighted by molar-refractivity contribution is 6.67. The topological polar surface area (TPSA) is 30.0 Å². The van der Waals surface area contributed by atoms with Crippen LogP contribution in [0.2, 0.25) is 0 Å². The van der Waals surface area contributed by atoms with Crippen LogP contribution in [0.4, 0.5) is 13.2 Å². The van der Waals surface area contributed by atoms with Crippen molar-refractivity contribution in [2.75, 3.05) is 0 Å². The van der Waals surface area contributed by atoms with Crippen molar-refractivity contribution in [3.8, 4) is 0 Å². The predicted molar refractivity (Wildman–Crippen MR) is 39.3 cm³/mol. The lowest BCUT2D eigenvalue weighted by atomic mass is 10.2. The van der Waals surface area contributed by atoms with E-state index >= 15 is 0 Å². The van der Waals surface area contributed by atoms with Gasteiger partial charge in [0.05, 0.1) is 11.8 Å². The molecule has 0 fully saturated rings. The molecule has 0 aliphatic carbocycles. The van der Waals surface area contributed by atoms with E-state index < -0.39 is 28.7 Å². The first-order valence-electron chi connectivity index (χ1n) is 3.16. The molecule has 0 aliphatic rings. The van der Waals surface area contributed by atoms with Crippen LogP contribution in [-0.2, 0) is 0 Å². The highest BCUT2D eigenvalue weighted by Gasteiger charge is 2.19. The summed E-state index contributed by atoms with van der Waals surface area (Å²) in [5, 5.41) is -1.15. The summed E-state index contributed by atoms with van der Waals surface area (Å²) in [6.07, 6.45) is -2.34. The Kier molecular flexibility index (Phi) is 2.87. The van der Waals surface area contributed by atoms with E-state index in [1.54, 1.807) is 0 Å². The van der Waals surface area contributed by atoms with Crippen LogP contribution < -0.4 is 0 Å². The molecule has 1 heterocycles. The number of aromatic nitrogens is 1. The van der Waals surface area contributed by atoms with Crippen LogP contribution in [0.3, 0.4) is 0 Å². The van der Waals surface area contributed by atoms with Gasteiger partial charge in [-0.25, -0.2) is 13.2 Å². The molecule has 0 aromatic carbocycles. The van der Waals surface area contributed by atoms with E-state index in [4.69, 9.17) is 11.6 Å². The summed E-state index contributed by atoms with van der Waals surface area (Å²) in [6.45, 7) is 0. The van der Waals surface area contributed by atoms with Crippen LogP contribution in [0.5, 0.6) is 0 Å². The average molecular weight is 210 g/mol. The highest BCUT2D eigenvalue weighted by Crippen LogP contribution is 2.22. The summed E-state index contributed by atoms with van der Waals surface area (Å²) < 4.78 is 36.7. The second kappa shape index (κ2) is 3.74. The van der Waals surface area contributed by atoms with Crippen molar-refractivity contribution in [3.63, 3.8) is 0 Å². The molecule has 0 saturated carbocycles. The number of hydrogen-bond acceptors (Lipinski definition) is 2. The van der Waals surface area contributed by atoms with Crippen molar-refractivity contribution >= 4 is 16.8 Å². The number of hydrogen-bond donors (Lipinski definition) is 0. The minimum Gasteiger partial charge on any atom is -0.276 e. The molecule has 0 bridgehead atoms. The summed E-state index contributed by atoms with van der Waals surface area (Å²) in [6, 6.07) is 0.629. The van der Waals surface area contributed by atoms with Gasteiger partial charge in [-0.15, -0.1) is 0 Å². The molecular formula is C7H3ClF3NO. The molecule has 2 nitrogen and oxygen atoms in total. The van der Waals surface area contributed by atoms with Crippen molar-refractivity contribution in [2.45, 2.75) is 6.43 Å². The van der Waals surface area contributed by atoms with Crippen LogP contribution in [-0.4, -0.2) is 10.2 Å². The van der Waals surface area contributed by atoms with Gasteiger partial charge < -0.3 is 0 Å². The minimum absolute atomic E-state index is 0.600. The normalized spacial score (nSPS) is 10.5. The lowest BCUT2D eigenvalue weighted by Crippen LogP contribution is -2.02. The SMILES string of the molecule is O=C(Cl)c1cc(F)cnc1C(F)F. The Morgan fingerprint density at radius 1 is 1.54 bits per heavy atom. The Labute approximate surface area is 76.3 Å². The fraction of sp³-hybridized carbons (Fsp3) is 0.143. The van der Waals surface area contributed by atoms with Crippen molar-refractivity contribution in [1.82, 2.24) is 4.98 Å². The quantitative estimate of drug-likeness (QED) is 0.701. The molecule has 0 saturated heterocycles. The van der Waals surface area contributed by atoms with Crippen LogP contribution >= 0.6 is 11.6 Å². The molecule has 13 heavy (non-hydrogen) atoms. The van der Waals surface area contributed by atoms with Gasteiger partial charge in [0.2, 0.25) is 0 Å². The van der Waals surface area contributed by atoms with Gasteiger partial charge in [0, 0.05) is 0 Å². The van der Waals surface area contributed by atoms with Gasteiger partial charge in [-0.05, 0) is 17.7 Å². The van der Waals surface area contributed by atoms with E-state index in [-0.39, 0.29) is 0 Å². The Morgan fingerprint density at radius 2 is 2.15 bits per heavy atom. The van der Waals surface area contributed by atoms with E-state index in [1.807, 2.05) is 0 Å². The van der Waals surface area contributed by atoms with Crippen LogP contribution in [0, 0.1) is 5.82 Å². The molecule has 0 N–H and O–H groups in total. The fourth-order valence-corrected chi connectivity index (χ4v) is 0.933. The molecule has 0 spiro atoms. The zero-order valence-electron chi connectivity index (χ0n) is 6.10. The average Bonchev–Trinajstić information content (AvgIpc) is 2.03. The zero-order chi connectivity index (χ0) is 10.0. The van der Waals surface area contributed by atoms with Crippen LogP contribution in [0.1, 0.15) is 22.5 Å². The van der Waals surface area contributed by atoms with Gasteiger partial charge in [-0.3, -0.25) is 9.78 Å². The number of nitrogens with zero attached hydrogens (tertiary/aromatic N) is 1. The van der Waals surface area contributed by atoms with E-state index in [0.717, 1.165) is 0 Å². The molecule has 1 aromatic heterocycles. The summed E-state index contributed by atoms with van der Waals surface area (Å²) in [7, 11) is 0. The summed E-state index contributed by atoms with van der Waals surface area (Å²) >= 11 is 4.95. The van der Waals surface area contributed by atoms with Gasteiger partial charge in [0.15, 0.2) is 0 Å². The molecule has 1 rings (SSSR count). The summed E-state index contributed by atoms with van der Waals surface area (Å²) in [5.74, 6) is -0.881. The second-order valence-electron chi connectivity index (χ2n) is 2.16. The van der Waals surface area contributed by atoms with E-state index in [2.05, 4.69) is 4.98 Å². The molecule has 70 valence electrons. The first kappa shape index (κ1) is 9.98. The van der Waals surface area contributed by atoms with Gasteiger partial charge in [-0.1, -0.05) is 0 Å². The number of carbonyl (C=O) groups excluding carboxylic acids is 1.